The molecule has 1 aliphatic heterocycles. The molecular weight excluding hydrogens is 214 g/mol. The Labute approximate surface area is 105 Å². The van der Waals surface area contributed by atoms with Gasteiger partial charge in [0.05, 0.1) is 13.2 Å². The average Bonchev–Trinajstić information content (AvgIpc) is 2.35. The van der Waals surface area contributed by atoms with Crippen molar-refractivity contribution >= 4 is 5.78 Å². The number of rotatable bonds is 4. The molecule has 17 heavy (non-hydrogen) atoms. The molecule has 0 amide bonds. The number of ether oxygens (including phenoxy) is 1. The Morgan fingerprint density at radius 3 is 2.82 bits per heavy atom. The molecule has 2 rings (SSSR count). The molecule has 0 N–H and O–H groups in total. The second-order valence-corrected chi connectivity index (χ2v) is 5.51. The standard InChI is InChI=1S/C14H25NO2/c1-2-3-12-4-5-14(16)13(10-12)11-15-6-8-17-9-7-15/h12-13H,2-11H2,1H3. The van der Waals surface area contributed by atoms with Crippen molar-refractivity contribution < 1.29 is 9.53 Å². The van der Waals surface area contributed by atoms with Crippen LogP contribution in [0.2, 0.25) is 0 Å². The summed E-state index contributed by atoms with van der Waals surface area (Å²) >= 11 is 0. The normalized spacial score (nSPS) is 31.7. The third-order valence-corrected chi connectivity index (χ3v) is 4.15. The highest BCUT2D eigenvalue weighted by atomic mass is 16.5. The zero-order valence-corrected chi connectivity index (χ0v) is 11.0. The van der Waals surface area contributed by atoms with Crippen LogP contribution in [0.1, 0.15) is 39.0 Å². The van der Waals surface area contributed by atoms with Gasteiger partial charge < -0.3 is 4.74 Å². The Morgan fingerprint density at radius 2 is 2.12 bits per heavy atom. The predicted molar refractivity (Wildman–Crippen MR) is 68.0 cm³/mol. The van der Waals surface area contributed by atoms with Crippen LogP contribution in [0, 0.1) is 11.8 Å². The lowest BCUT2D eigenvalue weighted by Gasteiger charge is -2.34. The molecule has 0 bridgehead atoms. The minimum absolute atomic E-state index is 0.304. The molecule has 0 radical (unpaired) electrons. The van der Waals surface area contributed by atoms with Crippen LogP contribution in [-0.4, -0.2) is 43.5 Å². The highest BCUT2D eigenvalue weighted by Gasteiger charge is 2.29. The summed E-state index contributed by atoms with van der Waals surface area (Å²) < 4.78 is 5.35. The number of hydrogen-bond acceptors (Lipinski definition) is 3. The van der Waals surface area contributed by atoms with Crippen molar-refractivity contribution in [3.05, 3.63) is 0 Å². The molecule has 0 aromatic carbocycles. The van der Waals surface area contributed by atoms with Gasteiger partial charge in [-0.05, 0) is 18.8 Å². The van der Waals surface area contributed by atoms with E-state index in [-0.39, 0.29) is 0 Å². The van der Waals surface area contributed by atoms with E-state index >= 15 is 0 Å². The van der Waals surface area contributed by atoms with Gasteiger partial charge in [0.15, 0.2) is 0 Å². The van der Waals surface area contributed by atoms with E-state index in [0.29, 0.717) is 11.7 Å². The quantitative estimate of drug-likeness (QED) is 0.752. The number of carbonyl (C=O) groups excluding carboxylic acids is 1. The first kappa shape index (κ1) is 13.0. The molecule has 2 atom stereocenters. The van der Waals surface area contributed by atoms with Crippen molar-refractivity contribution in [2.45, 2.75) is 39.0 Å². The summed E-state index contributed by atoms with van der Waals surface area (Å²) in [5.41, 5.74) is 0. The third kappa shape index (κ3) is 3.78. The highest BCUT2D eigenvalue weighted by Crippen LogP contribution is 2.30. The van der Waals surface area contributed by atoms with E-state index < -0.39 is 0 Å². The smallest absolute Gasteiger partial charge is 0.137 e. The summed E-state index contributed by atoms with van der Waals surface area (Å²) in [6.45, 7) is 6.89. The van der Waals surface area contributed by atoms with E-state index in [1.165, 1.54) is 12.8 Å². The van der Waals surface area contributed by atoms with Crippen LogP contribution >= 0.6 is 0 Å². The molecule has 98 valence electrons. The Kier molecular flexibility index (Phi) is 4.99. The molecule has 1 aliphatic carbocycles. The van der Waals surface area contributed by atoms with Crippen molar-refractivity contribution in [2.75, 3.05) is 32.8 Å². The lowest BCUT2D eigenvalue weighted by atomic mass is 9.78. The van der Waals surface area contributed by atoms with Crippen LogP contribution in [0.4, 0.5) is 0 Å². The number of hydrogen-bond donors (Lipinski definition) is 0. The predicted octanol–water partition coefficient (Wildman–Crippen LogP) is 2.10. The largest absolute Gasteiger partial charge is 0.379 e. The average molecular weight is 239 g/mol. The van der Waals surface area contributed by atoms with Gasteiger partial charge in [-0.1, -0.05) is 19.8 Å². The lowest BCUT2D eigenvalue weighted by Crippen LogP contribution is -2.42. The zero-order chi connectivity index (χ0) is 12.1. The minimum atomic E-state index is 0.304. The molecule has 2 aliphatic rings. The van der Waals surface area contributed by atoms with E-state index in [0.717, 1.165) is 58.0 Å². The summed E-state index contributed by atoms with van der Waals surface area (Å²) in [6.07, 6.45) is 5.63. The monoisotopic (exact) mass is 239 g/mol. The van der Waals surface area contributed by atoms with Crippen molar-refractivity contribution in [3.8, 4) is 0 Å². The summed E-state index contributed by atoms with van der Waals surface area (Å²) in [5.74, 6) is 1.60. The maximum Gasteiger partial charge on any atom is 0.137 e. The maximum atomic E-state index is 12.0. The van der Waals surface area contributed by atoms with Crippen LogP contribution in [0.3, 0.4) is 0 Å². The second-order valence-electron chi connectivity index (χ2n) is 5.51. The van der Waals surface area contributed by atoms with Crippen LogP contribution in [0.5, 0.6) is 0 Å². The number of nitrogens with zero attached hydrogens (tertiary/aromatic N) is 1. The molecule has 1 heterocycles. The van der Waals surface area contributed by atoms with E-state index in [2.05, 4.69) is 11.8 Å². The molecule has 3 nitrogen and oxygen atoms in total. The maximum absolute atomic E-state index is 12.0. The third-order valence-electron chi connectivity index (χ3n) is 4.15. The van der Waals surface area contributed by atoms with Crippen molar-refractivity contribution in [2.24, 2.45) is 11.8 Å². The summed E-state index contributed by atoms with van der Waals surface area (Å²) in [7, 11) is 0. The summed E-state index contributed by atoms with van der Waals surface area (Å²) in [5, 5.41) is 0. The SMILES string of the molecule is CCCC1CCC(=O)C(CN2CCOCC2)C1. The van der Waals surface area contributed by atoms with E-state index in [1.807, 2.05) is 0 Å². The Balaban J connectivity index is 1.82. The Hall–Kier alpha value is -0.410. The van der Waals surface area contributed by atoms with Gasteiger partial charge in [-0.2, -0.15) is 0 Å². The highest BCUT2D eigenvalue weighted by molar-refractivity contribution is 5.81. The first-order chi connectivity index (χ1) is 8.29. The van der Waals surface area contributed by atoms with Gasteiger partial charge in [0.1, 0.15) is 5.78 Å². The summed E-state index contributed by atoms with van der Waals surface area (Å²) in [4.78, 5) is 14.4. The van der Waals surface area contributed by atoms with E-state index in [4.69, 9.17) is 4.74 Å². The topological polar surface area (TPSA) is 29.5 Å². The molecule has 1 saturated carbocycles. The van der Waals surface area contributed by atoms with Gasteiger partial charge in [0.2, 0.25) is 0 Å². The van der Waals surface area contributed by atoms with E-state index in [1.54, 1.807) is 0 Å². The van der Waals surface area contributed by atoms with Crippen molar-refractivity contribution in [1.29, 1.82) is 0 Å². The van der Waals surface area contributed by atoms with Gasteiger partial charge in [-0.3, -0.25) is 9.69 Å². The molecule has 0 spiro atoms. The fourth-order valence-electron chi connectivity index (χ4n) is 3.14. The number of ketones is 1. The number of carbonyl (C=O) groups is 1. The van der Waals surface area contributed by atoms with Crippen LogP contribution in [-0.2, 0) is 9.53 Å². The molecule has 0 aromatic rings. The molecule has 2 fully saturated rings. The fraction of sp³-hybridized carbons (Fsp3) is 0.929. The number of Topliss-reactive ketones (excluding diaryl/α,β-unsaturated/α-hetero) is 1. The first-order valence-corrected chi connectivity index (χ1v) is 7.12. The lowest BCUT2D eigenvalue weighted by molar-refractivity contribution is -0.126. The fourth-order valence-corrected chi connectivity index (χ4v) is 3.14. The van der Waals surface area contributed by atoms with Gasteiger partial charge in [0.25, 0.3) is 0 Å². The van der Waals surface area contributed by atoms with Crippen LogP contribution in [0.15, 0.2) is 0 Å². The summed E-state index contributed by atoms with van der Waals surface area (Å²) in [6, 6.07) is 0. The van der Waals surface area contributed by atoms with E-state index in [9.17, 15) is 4.79 Å². The zero-order valence-electron chi connectivity index (χ0n) is 11.0. The van der Waals surface area contributed by atoms with Gasteiger partial charge in [-0.15, -0.1) is 0 Å². The Bertz CT molecular complexity index is 249. The van der Waals surface area contributed by atoms with Crippen molar-refractivity contribution in [1.82, 2.24) is 4.90 Å². The number of morpholine rings is 1. The molecular formula is C14H25NO2. The minimum Gasteiger partial charge on any atom is -0.379 e. The Morgan fingerprint density at radius 1 is 1.35 bits per heavy atom. The molecule has 3 heteroatoms. The van der Waals surface area contributed by atoms with Crippen molar-refractivity contribution in [3.63, 3.8) is 0 Å². The second kappa shape index (κ2) is 6.50. The first-order valence-electron chi connectivity index (χ1n) is 7.12. The molecule has 2 unspecified atom stereocenters. The van der Waals surface area contributed by atoms with Gasteiger partial charge >= 0.3 is 0 Å². The van der Waals surface area contributed by atoms with Gasteiger partial charge in [0, 0.05) is 32.0 Å². The van der Waals surface area contributed by atoms with Crippen LogP contribution < -0.4 is 0 Å². The van der Waals surface area contributed by atoms with Crippen LogP contribution in [0.25, 0.3) is 0 Å². The molecule has 0 aromatic heterocycles. The van der Waals surface area contributed by atoms with Gasteiger partial charge in [-0.25, -0.2) is 0 Å². The molecule has 1 saturated heterocycles.